The summed E-state index contributed by atoms with van der Waals surface area (Å²) in [4.78, 5) is 16.1. The Morgan fingerprint density at radius 3 is 2.63 bits per heavy atom. The van der Waals surface area contributed by atoms with Crippen LogP contribution >= 0.6 is 0 Å². The second-order valence-electron chi connectivity index (χ2n) is 9.73. The normalized spacial score (nSPS) is 19.7. The molecule has 0 unspecified atom stereocenters. The van der Waals surface area contributed by atoms with Gasteiger partial charge in [-0.05, 0) is 51.4 Å². The van der Waals surface area contributed by atoms with Gasteiger partial charge in [-0.25, -0.2) is 17.6 Å². The fourth-order valence-electron chi connectivity index (χ4n) is 3.95. The highest BCUT2D eigenvalue weighted by atomic mass is 32.2. The molecule has 0 aromatic heterocycles. The number of anilines is 1. The molecule has 1 aliphatic rings. The number of ether oxygens (including phenoxy) is 1. The SMILES string of the molecule is C[C@@H]1CN([C@@H](C)CO)S(=O)(=O)c2ccc(C#CCN(C)C)cc2O[C@H]1CN(C)C(=O)Nc1ccccc1F. The van der Waals surface area contributed by atoms with Crippen LogP contribution in [0.1, 0.15) is 19.4 Å². The van der Waals surface area contributed by atoms with Crippen molar-refractivity contribution in [3.8, 4) is 17.6 Å². The highest BCUT2D eigenvalue weighted by Gasteiger charge is 2.38. The minimum atomic E-state index is -3.99. The lowest BCUT2D eigenvalue weighted by atomic mass is 10.0. The molecule has 206 valence electrons. The number of hydrogen-bond acceptors (Lipinski definition) is 6. The van der Waals surface area contributed by atoms with Gasteiger partial charge < -0.3 is 20.1 Å². The number of hydrogen-bond donors (Lipinski definition) is 2. The maximum absolute atomic E-state index is 14.0. The molecule has 1 heterocycles. The van der Waals surface area contributed by atoms with Crippen molar-refractivity contribution in [2.24, 2.45) is 5.92 Å². The first-order valence-electron chi connectivity index (χ1n) is 12.3. The minimum absolute atomic E-state index is 0.0358. The summed E-state index contributed by atoms with van der Waals surface area (Å²) in [5.74, 6) is 5.25. The molecule has 0 saturated heterocycles. The average Bonchev–Trinajstić information content (AvgIpc) is 2.86. The Kier molecular flexibility index (Phi) is 9.73. The van der Waals surface area contributed by atoms with E-state index in [1.165, 1.54) is 33.5 Å². The van der Waals surface area contributed by atoms with Gasteiger partial charge in [-0.15, -0.1) is 0 Å². The number of halogens is 1. The van der Waals surface area contributed by atoms with Crippen LogP contribution < -0.4 is 10.1 Å². The third-order valence-electron chi connectivity index (χ3n) is 6.21. The Labute approximate surface area is 224 Å². The van der Waals surface area contributed by atoms with E-state index in [9.17, 15) is 22.7 Å². The highest BCUT2D eigenvalue weighted by Crippen LogP contribution is 2.34. The largest absolute Gasteiger partial charge is 0.487 e. The molecule has 0 spiro atoms. The van der Waals surface area contributed by atoms with Gasteiger partial charge in [0.25, 0.3) is 0 Å². The van der Waals surface area contributed by atoms with Gasteiger partial charge in [-0.3, -0.25) is 4.90 Å². The number of likely N-dealkylation sites (N-methyl/N-ethyl adjacent to an activating group) is 1. The molecular weight excluding hydrogens is 511 g/mol. The van der Waals surface area contributed by atoms with E-state index in [4.69, 9.17) is 4.74 Å². The number of urea groups is 1. The van der Waals surface area contributed by atoms with E-state index < -0.39 is 34.0 Å². The number of carbonyl (C=O) groups excluding carboxylic acids is 1. The predicted molar refractivity (Wildman–Crippen MR) is 144 cm³/mol. The third-order valence-corrected chi connectivity index (χ3v) is 8.23. The minimum Gasteiger partial charge on any atom is -0.487 e. The topological polar surface area (TPSA) is 102 Å². The number of carbonyl (C=O) groups is 1. The van der Waals surface area contributed by atoms with Crippen molar-refractivity contribution >= 4 is 21.7 Å². The zero-order valence-corrected chi connectivity index (χ0v) is 23.1. The molecule has 0 radical (unpaired) electrons. The van der Waals surface area contributed by atoms with Crippen LogP contribution in [0.4, 0.5) is 14.9 Å². The maximum Gasteiger partial charge on any atom is 0.321 e. The first kappa shape index (κ1) is 29.4. The number of benzene rings is 2. The molecule has 2 N–H and O–H groups in total. The molecule has 38 heavy (non-hydrogen) atoms. The molecule has 2 aromatic rings. The summed E-state index contributed by atoms with van der Waals surface area (Å²) in [5.41, 5.74) is 0.636. The smallest absolute Gasteiger partial charge is 0.321 e. The van der Waals surface area contributed by atoms with Crippen molar-refractivity contribution in [1.29, 1.82) is 0 Å². The summed E-state index contributed by atoms with van der Waals surface area (Å²) in [5, 5.41) is 12.3. The third kappa shape index (κ3) is 7.02. The van der Waals surface area contributed by atoms with E-state index in [-0.39, 0.29) is 41.9 Å². The molecule has 0 saturated carbocycles. The Morgan fingerprint density at radius 1 is 1.26 bits per heavy atom. The average molecular weight is 547 g/mol. The lowest BCUT2D eigenvalue weighted by molar-refractivity contribution is 0.0830. The van der Waals surface area contributed by atoms with Crippen molar-refractivity contribution in [3.05, 3.63) is 53.8 Å². The van der Waals surface area contributed by atoms with E-state index in [2.05, 4.69) is 17.2 Å². The van der Waals surface area contributed by atoms with E-state index >= 15 is 0 Å². The standard InChI is InChI=1S/C27H35FN4O5S/c1-19-16-32(20(2)18-33)38(35,36)26-13-12-21(9-8-14-30(3)4)15-24(26)37-25(19)17-31(5)27(34)29-23-11-7-6-10-22(23)28/h6-7,10-13,15,19-20,25,33H,14,16-18H2,1-5H3,(H,29,34)/t19-,20+,25+/m1/s1. The molecule has 3 rings (SSSR count). The van der Waals surface area contributed by atoms with E-state index in [1.54, 1.807) is 32.2 Å². The maximum atomic E-state index is 14.0. The van der Waals surface area contributed by atoms with Crippen LogP contribution in [-0.2, 0) is 10.0 Å². The number of rotatable bonds is 6. The number of fused-ring (bicyclic) bond motifs is 1. The van der Waals surface area contributed by atoms with Crippen molar-refractivity contribution in [3.63, 3.8) is 0 Å². The van der Waals surface area contributed by atoms with Crippen LogP contribution in [0.5, 0.6) is 5.75 Å². The van der Waals surface area contributed by atoms with Gasteiger partial charge in [0, 0.05) is 31.1 Å². The number of sulfonamides is 1. The molecule has 0 aliphatic carbocycles. The molecule has 2 amide bonds. The first-order chi connectivity index (χ1) is 17.9. The quantitative estimate of drug-likeness (QED) is 0.541. The van der Waals surface area contributed by atoms with E-state index in [1.807, 2.05) is 25.9 Å². The molecule has 1 aliphatic heterocycles. The summed E-state index contributed by atoms with van der Waals surface area (Å²) in [6, 6.07) is 9.32. The van der Waals surface area contributed by atoms with Crippen LogP contribution in [0.2, 0.25) is 0 Å². The molecule has 0 fully saturated rings. The lowest BCUT2D eigenvalue weighted by Crippen LogP contribution is -2.50. The van der Waals surface area contributed by atoms with Gasteiger partial charge >= 0.3 is 6.03 Å². The monoisotopic (exact) mass is 546 g/mol. The molecule has 11 heteroatoms. The molecule has 0 bridgehead atoms. The highest BCUT2D eigenvalue weighted by molar-refractivity contribution is 7.89. The number of aliphatic hydroxyl groups excluding tert-OH is 1. The fraction of sp³-hybridized carbons (Fsp3) is 0.444. The Morgan fingerprint density at radius 2 is 1.97 bits per heavy atom. The number of nitrogens with one attached hydrogen (secondary N) is 1. The van der Waals surface area contributed by atoms with Crippen molar-refractivity contribution in [2.45, 2.75) is 30.9 Å². The van der Waals surface area contributed by atoms with Crippen LogP contribution in [0.15, 0.2) is 47.4 Å². The summed E-state index contributed by atoms with van der Waals surface area (Å²) < 4.78 is 48.8. The Hall–Kier alpha value is -3.17. The molecule has 9 nitrogen and oxygen atoms in total. The Bertz CT molecular complexity index is 1310. The number of para-hydroxylation sites is 1. The van der Waals surface area contributed by atoms with Crippen molar-refractivity contribution in [2.75, 3.05) is 52.7 Å². The number of aliphatic hydroxyl groups is 1. The van der Waals surface area contributed by atoms with Gasteiger partial charge in [0.05, 0.1) is 25.4 Å². The fourth-order valence-corrected chi connectivity index (χ4v) is 5.77. The van der Waals surface area contributed by atoms with Crippen LogP contribution in [0, 0.1) is 23.6 Å². The van der Waals surface area contributed by atoms with E-state index in [0.29, 0.717) is 12.1 Å². The molecule has 2 aromatic carbocycles. The van der Waals surface area contributed by atoms with Crippen LogP contribution in [0.25, 0.3) is 0 Å². The van der Waals surface area contributed by atoms with Gasteiger partial charge in [0.2, 0.25) is 10.0 Å². The number of amides is 2. The second kappa shape index (κ2) is 12.6. The van der Waals surface area contributed by atoms with Crippen molar-refractivity contribution in [1.82, 2.24) is 14.1 Å². The summed E-state index contributed by atoms with van der Waals surface area (Å²) in [6.45, 7) is 3.80. The van der Waals surface area contributed by atoms with E-state index in [0.717, 1.165) is 0 Å². The van der Waals surface area contributed by atoms with Gasteiger partial charge in [0.1, 0.15) is 22.6 Å². The van der Waals surface area contributed by atoms with Gasteiger partial charge in [-0.1, -0.05) is 30.9 Å². The summed E-state index contributed by atoms with van der Waals surface area (Å²) in [6.07, 6.45) is -0.612. The predicted octanol–water partition coefficient (Wildman–Crippen LogP) is 2.67. The van der Waals surface area contributed by atoms with Crippen molar-refractivity contribution < 1.29 is 27.4 Å². The molecule has 3 atom stereocenters. The summed E-state index contributed by atoms with van der Waals surface area (Å²) >= 11 is 0. The van der Waals surface area contributed by atoms with Crippen LogP contribution in [-0.4, -0.2) is 93.2 Å². The van der Waals surface area contributed by atoms with Gasteiger partial charge in [-0.2, -0.15) is 4.31 Å². The van der Waals surface area contributed by atoms with Crippen LogP contribution in [0.3, 0.4) is 0 Å². The molecular formula is C27H35FN4O5S. The first-order valence-corrected chi connectivity index (χ1v) is 13.7. The lowest BCUT2D eigenvalue weighted by Gasteiger charge is -2.37. The zero-order valence-electron chi connectivity index (χ0n) is 22.3. The number of nitrogens with zero attached hydrogens (tertiary/aromatic N) is 3. The Balaban J connectivity index is 1.95. The summed E-state index contributed by atoms with van der Waals surface area (Å²) in [7, 11) is 1.35. The zero-order chi connectivity index (χ0) is 28.0. The van der Waals surface area contributed by atoms with Gasteiger partial charge in [0.15, 0.2) is 0 Å². The second-order valence-corrected chi connectivity index (χ2v) is 11.6.